The van der Waals surface area contributed by atoms with E-state index in [1.807, 2.05) is 13.8 Å². The molecule has 0 radical (unpaired) electrons. The topological polar surface area (TPSA) is 139 Å². The van der Waals surface area contributed by atoms with Gasteiger partial charge < -0.3 is 29.9 Å². The number of carbonyl (C=O) groups is 4. The summed E-state index contributed by atoms with van der Waals surface area (Å²) < 4.78 is 19.6. The number of amides is 4. The summed E-state index contributed by atoms with van der Waals surface area (Å²) in [5.41, 5.74) is 3.10. The van der Waals surface area contributed by atoms with Crippen LogP contribution in [0.15, 0.2) is 18.2 Å². The molecule has 13 heteroatoms. The predicted octanol–water partition coefficient (Wildman–Crippen LogP) is 2.71. The van der Waals surface area contributed by atoms with Crippen LogP contribution in [0.5, 0.6) is 0 Å². The van der Waals surface area contributed by atoms with E-state index in [9.17, 15) is 23.6 Å². The summed E-state index contributed by atoms with van der Waals surface area (Å²) in [5, 5.41) is 11.7. The van der Waals surface area contributed by atoms with Crippen molar-refractivity contribution in [2.24, 2.45) is 0 Å². The maximum Gasteiger partial charge on any atom is 0.416 e. The van der Waals surface area contributed by atoms with E-state index in [-0.39, 0.29) is 43.6 Å². The van der Waals surface area contributed by atoms with E-state index in [0.29, 0.717) is 73.0 Å². The second-order valence-corrected chi connectivity index (χ2v) is 11.2. The van der Waals surface area contributed by atoms with Crippen molar-refractivity contribution in [3.05, 3.63) is 52.1 Å². The molecule has 1 saturated heterocycles. The Morgan fingerprint density at radius 3 is 2.47 bits per heavy atom. The van der Waals surface area contributed by atoms with Gasteiger partial charge in [0, 0.05) is 74.9 Å². The maximum atomic E-state index is 14.0. The van der Waals surface area contributed by atoms with Crippen LogP contribution in [-0.4, -0.2) is 126 Å². The summed E-state index contributed by atoms with van der Waals surface area (Å²) in [6.45, 7) is 12.3. The number of nitrogens with zero attached hydrogens (tertiary/aromatic N) is 4. The maximum absolute atomic E-state index is 14.0. The number of aliphatic hydroxyl groups is 1. The summed E-state index contributed by atoms with van der Waals surface area (Å²) in [6, 6.07) is 4.07. The molecule has 0 unspecified atom stereocenters. The number of nitrogens with one attached hydrogen (secondary N) is 2. The molecule has 1 fully saturated rings. The third kappa shape index (κ3) is 7.96. The van der Waals surface area contributed by atoms with Crippen molar-refractivity contribution in [3.8, 4) is 0 Å². The Balaban J connectivity index is 1.48. The van der Waals surface area contributed by atoms with Crippen LogP contribution in [-0.2, 0) is 14.3 Å². The van der Waals surface area contributed by atoms with E-state index in [4.69, 9.17) is 9.84 Å². The molecule has 0 atom stereocenters. The first-order valence-electron chi connectivity index (χ1n) is 15.4. The van der Waals surface area contributed by atoms with Gasteiger partial charge in [-0.25, -0.2) is 14.1 Å². The fraction of sp³-hybridized carbons (Fsp3) is 0.500. The van der Waals surface area contributed by atoms with Gasteiger partial charge in [0.25, 0.3) is 11.8 Å². The van der Waals surface area contributed by atoms with Gasteiger partial charge in [0.2, 0.25) is 5.91 Å². The van der Waals surface area contributed by atoms with E-state index in [1.54, 1.807) is 24.8 Å². The molecule has 1 aromatic carbocycles. The second-order valence-electron chi connectivity index (χ2n) is 11.2. The summed E-state index contributed by atoms with van der Waals surface area (Å²) in [4.78, 5) is 62.3. The van der Waals surface area contributed by atoms with Crippen LogP contribution in [0.4, 0.5) is 14.9 Å². The SMILES string of the molecule is CCN(CC)CCN(C(=O)OCCN1CCN(C(=O)CCO)CC1)C(=O)c1c(C)[nH]c(C=C2C(=O)Nc3ccc(F)cc32)c1C. The third-order valence-electron chi connectivity index (χ3n) is 8.43. The minimum Gasteiger partial charge on any atom is -0.448 e. The number of aromatic nitrogens is 1. The zero-order valence-electron chi connectivity index (χ0n) is 26.4. The fourth-order valence-corrected chi connectivity index (χ4v) is 5.69. The van der Waals surface area contributed by atoms with E-state index in [2.05, 4.69) is 20.1 Å². The lowest BCUT2D eigenvalue weighted by atomic mass is 10.0. The predicted molar refractivity (Wildman–Crippen MR) is 168 cm³/mol. The van der Waals surface area contributed by atoms with Gasteiger partial charge in [-0.05, 0) is 56.8 Å². The number of aryl methyl sites for hydroxylation is 1. The highest BCUT2D eigenvalue weighted by Crippen LogP contribution is 2.34. The molecule has 0 spiro atoms. The Hall–Kier alpha value is -4.07. The largest absolute Gasteiger partial charge is 0.448 e. The molecule has 0 aliphatic carbocycles. The molecule has 3 N–H and O–H groups in total. The molecule has 1 aromatic heterocycles. The lowest BCUT2D eigenvalue weighted by Crippen LogP contribution is -2.50. The lowest BCUT2D eigenvalue weighted by molar-refractivity contribution is -0.133. The number of halogens is 1. The molecule has 12 nitrogen and oxygen atoms in total. The number of H-pyrrole nitrogens is 1. The minimum atomic E-state index is -0.747. The third-order valence-corrected chi connectivity index (χ3v) is 8.43. The minimum absolute atomic E-state index is 0.0754. The van der Waals surface area contributed by atoms with Crippen LogP contribution in [0.2, 0.25) is 0 Å². The number of anilines is 1. The normalized spacial score (nSPS) is 15.8. The number of hydrogen-bond donors (Lipinski definition) is 3. The number of piperazine rings is 1. The van der Waals surface area contributed by atoms with Crippen LogP contribution in [0.3, 0.4) is 0 Å². The van der Waals surface area contributed by atoms with E-state index in [1.165, 1.54) is 18.2 Å². The number of ether oxygens (including phenoxy) is 1. The zero-order chi connectivity index (χ0) is 32.7. The summed E-state index contributed by atoms with van der Waals surface area (Å²) >= 11 is 0. The molecule has 3 heterocycles. The van der Waals surface area contributed by atoms with Crippen molar-refractivity contribution < 1.29 is 33.4 Å². The van der Waals surface area contributed by atoms with Crippen LogP contribution >= 0.6 is 0 Å². The number of aliphatic hydroxyl groups excluding tert-OH is 1. The molecular formula is C32H43FN6O6. The quantitative estimate of drug-likeness (QED) is 0.306. The summed E-state index contributed by atoms with van der Waals surface area (Å²) in [5.74, 6) is -1.44. The number of carbonyl (C=O) groups excluding carboxylic acids is 4. The van der Waals surface area contributed by atoms with Gasteiger partial charge in [-0.3, -0.25) is 19.3 Å². The Bertz CT molecular complexity index is 1440. The highest BCUT2D eigenvalue weighted by Gasteiger charge is 2.31. The molecule has 0 saturated carbocycles. The van der Waals surface area contributed by atoms with Gasteiger partial charge in [0.15, 0.2) is 0 Å². The van der Waals surface area contributed by atoms with Crippen molar-refractivity contribution in [2.45, 2.75) is 34.1 Å². The van der Waals surface area contributed by atoms with Crippen molar-refractivity contribution in [3.63, 3.8) is 0 Å². The van der Waals surface area contributed by atoms with Gasteiger partial charge in [0.1, 0.15) is 12.4 Å². The Morgan fingerprint density at radius 2 is 1.80 bits per heavy atom. The Kier molecular flexibility index (Phi) is 11.5. The first-order valence-corrected chi connectivity index (χ1v) is 15.4. The summed E-state index contributed by atoms with van der Waals surface area (Å²) in [6.07, 6.45) is 0.954. The van der Waals surface area contributed by atoms with Gasteiger partial charge in [-0.1, -0.05) is 13.8 Å². The van der Waals surface area contributed by atoms with E-state index in [0.717, 1.165) is 18.0 Å². The molecule has 4 rings (SSSR count). The number of rotatable bonds is 12. The second kappa shape index (κ2) is 15.3. The molecular weight excluding hydrogens is 583 g/mol. The van der Waals surface area contributed by atoms with Gasteiger partial charge in [-0.15, -0.1) is 0 Å². The lowest BCUT2D eigenvalue weighted by Gasteiger charge is -2.34. The molecule has 2 aromatic rings. The van der Waals surface area contributed by atoms with Crippen molar-refractivity contribution in [1.29, 1.82) is 0 Å². The van der Waals surface area contributed by atoms with Gasteiger partial charge in [0.05, 0.1) is 17.7 Å². The molecule has 2 aliphatic rings. The zero-order valence-corrected chi connectivity index (χ0v) is 26.4. The van der Waals surface area contributed by atoms with Gasteiger partial charge in [-0.2, -0.15) is 0 Å². The van der Waals surface area contributed by atoms with Crippen LogP contribution < -0.4 is 5.32 Å². The number of benzene rings is 1. The standard InChI is InChI=1S/C32H43FN6O6/c1-5-36(6-2)12-15-39(32(44)45-18-16-37-10-13-38(14-11-37)28(41)9-17-40)31(43)29-21(3)27(34-22(29)4)20-25-24-19-23(33)7-8-26(24)35-30(25)42/h7-8,19-20,34,40H,5-6,9-18H2,1-4H3,(H,35,42). The molecule has 0 bridgehead atoms. The Labute approximate surface area is 262 Å². The number of imide groups is 1. The highest BCUT2D eigenvalue weighted by atomic mass is 19.1. The van der Waals surface area contributed by atoms with Crippen LogP contribution in [0.25, 0.3) is 11.6 Å². The molecule has 45 heavy (non-hydrogen) atoms. The summed E-state index contributed by atoms with van der Waals surface area (Å²) in [7, 11) is 0. The average molecular weight is 627 g/mol. The first-order chi connectivity index (χ1) is 21.6. The fourth-order valence-electron chi connectivity index (χ4n) is 5.69. The van der Waals surface area contributed by atoms with Crippen LogP contribution in [0.1, 0.15) is 53.1 Å². The Morgan fingerprint density at radius 1 is 1.09 bits per heavy atom. The van der Waals surface area contributed by atoms with Crippen molar-refractivity contribution >= 4 is 41.2 Å². The molecule has 4 amide bonds. The average Bonchev–Trinajstić information content (AvgIpc) is 3.48. The van der Waals surface area contributed by atoms with Crippen molar-refractivity contribution in [1.82, 2.24) is 24.6 Å². The first kappa shape index (κ1) is 33.8. The highest BCUT2D eigenvalue weighted by molar-refractivity contribution is 6.35. The molecule has 2 aliphatic heterocycles. The number of likely N-dealkylation sites (N-methyl/N-ethyl adjacent to an activating group) is 1. The monoisotopic (exact) mass is 626 g/mol. The van der Waals surface area contributed by atoms with Crippen LogP contribution in [0, 0.1) is 19.7 Å². The molecule has 244 valence electrons. The van der Waals surface area contributed by atoms with Gasteiger partial charge >= 0.3 is 6.09 Å². The van der Waals surface area contributed by atoms with E-state index < -0.39 is 17.8 Å². The number of hydrogen-bond acceptors (Lipinski definition) is 8. The smallest absolute Gasteiger partial charge is 0.416 e. The number of fused-ring (bicyclic) bond motifs is 1. The van der Waals surface area contributed by atoms with E-state index >= 15 is 0 Å². The van der Waals surface area contributed by atoms with Crippen molar-refractivity contribution in [2.75, 3.05) is 77.4 Å². The number of aromatic amines is 1.